The standard InChI is InChI=1S/C13H18BrNO2/c1-10-5-6-11(14)9-12(10)13(17)15-7-3-2-4-8-16/h5-6,9,16H,2-4,7-8H2,1H3,(H,15,17). The molecule has 4 heteroatoms. The third kappa shape index (κ3) is 4.88. The summed E-state index contributed by atoms with van der Waals surface area (Å²) in [6.07, 6.45) is 2.64. The van der Waals surface area contributed by atoms with Gasteiger partial charge in [-0.3, -0.25) is 4.79 Å². The Bertz CT molecular complexity index is 380. The summed E-state index contributed by atoms with van der Waals surface area (Å²) in [7, 11) is 0. The van der Waals surface area contributed by atoms with E-state index in [1.807, 2.05) is 25.1 Å². The molecular formula is C13H18BrNO2. The topological polar surface area (TPSA) is 49.3 Å². The highest BCUT2D eigenvalue weighted by molar-refractivity contribution is 9.10. The van der Waals surface area contributed by atoms with Crippen LogP contribution in [0.2, 0.25) is 0 Å². The Hall–Kier alpha value is -0.870. The summed E-state index contributed by atoms with van der Waals surface area (Å²) in [6, 6.07) is 5.68. The summed E-state index contributed by atoms with van der Waals surface area (Å²) < 4.78 is 0.911. The van der Waals surface area contributed by atoms with Gasteiger partial charge >= 0.3 is 0 Å². The number of benzene rings is 1. The number of nitrogens with one attached hydrogen (secondary N) is 1. The number of hydrogen-bond donors (Lipinski definition) is 2. The molecule has 1 aromatic rings. The van der Waals surface area contributed by atoms with Gasteiger partial charge in [-0.2, -0.15) is 0 Å². The van der Waals surface area contributed by atoms with Crippen LogP contribution >= 0.6 is 15.9 Å². The number of aliphatic hydroxyl groups excluding tert-OH is 1. The van der Waals surface area contributed by atoms with Gasteiger partial charge in [-0.1, -0.05) is 22.0 Å². The quantitative estimate of drug-likeness (QED) is 0.794. The minimum absolute atomic E-state index is 0.0344. The maximum atomic E-state index is 11.9. The molecule has 94 valence electrons. The van der Waals surface area contributed by atoms with Gasteiger partial charge in [-0.25, -0.2) is 0 Å². The van der Waals surface area contributed by atoms with Crippen molar-refractivity contribution in [2.45, 2.75) is 26.2 Å². The van der Waals surface area contributed by atoms with Gasteiger partial charge in [0.15, 0.2) is 0 Å². The van der Waals surface area contributed by atoms with Crippen molar-refractivity contribution < 1.29 is 9.90 Å². The van der Waals surface area contributed by atoms with Crippen LogP contribution in [0.3, 0.4) is 0 Å². The molecule has 0 bridgehead atoms. The van der Waals surface area contributed by atoms with Crippen LogP contribution in [0.15, 0.2) is 22.7 Å². The smallest absolute Gasteiger partial charge is 0.251 e. The molecule has 0 aromatic heterocycles. The highest BCUT2D eigenvalue weighted by Gasteiger charge is 2.08. The molecular weight excluding hydrogens is 282 g/mol. The van der Waals surface area contributed by atoms with Crippen molar-refractivity contribution in [1.82, 2.24) is 5.32 Å². The first kappa shape index (κ1) is 14.2. The Balaban J connectivity index is 2.44. The van der Waals surface area contributed by atoms with Crippen LogP contribution in [-0.4, -0.2) is 24.2 Å². The van der Waals surface area contributed by atoms with E-state index in [9.17, 15) is 4.79 Å². The number of hydrogen-bond acceptors (Lipinski definition) is 2. The lowest BCUT2D eigenvalue weighted by Crippen LogP contribution is -2.25. The molecule has 0 radical (unpaired) electrons. The Labute approximate surface area is 110 Å². The number of unbranched alkanes of at least 4 members (excludes halogenated alkanes) is 2. The van der Waals surface area contributed by atoms with Gasteiger partial charge in [-0.05, 0) is 43.9 Å². The number of aryl methyl sites for hydroxylation is 1. The molecule has 3 nitrogen and oxygen atoms in total. The average Bonchev–Trinajstić information content (AvgIpc) is 2.32. The highest BCUT2D eigenvalue weighted by Crippen LogP contribution is 2.15. The average molecular weight is 300 g/mol. The maximum absolute atomic E-state index is 11.9. The number of aliphatic hydroxyl groups is 1. The molecule has 1 rings (SSSR count). The van der Waals surface area contributed by atoms with E-state index in [2.05, 4.69) is 21.2 Å². The first-order chi connectivity index (χ1) is 8.15. The molecule has 1 amide bonds. The minimum Gasteiger partial charge on any atom is -0.396 e. The SMILES string of the molecule is Cc1ccc(Br)cc1C(=O)NCCCCCO. The van der Waals surface area contributed by atoms with E-state index in [-0.39, 0.29) is 12.5 Å². The Kier molecular flexibility index (Phi) is 6.22. The Morgan fingerprint density at radius 1 is 1.35 bits per heavy atom. The van der Waals surface area contributed by atoms with E-state index in [4.69, 9.17) is 5.11 Å². The van der Waals surface area contributed by atoms with Crippen LogP contribution in [0.5, 0.6) is 0 Å². The van der Waals surface area contributed by atoms with Crippen molar-refractivity contribution >= 4 is 21.8 Å². The minimum atomic E-state index is -0.0344. The third-order valence-corrected chi connectivity index (χ3v) is 3.06. The number of carbonyl (C=O) groups is 1. The van der Waals surface area contributed by atoms with Gasteiger partial charge < -0.3 is 10.4 Å². The van der Waals surface area contributed by atoms with Gasteiger partial charge in [0.2, 0.25) is 0 Å². The second-order valence-electron chi connectivity index (χ2n) is 4.00. The van der Waals surface area contributed by atoms with Gasteiger partial charge in [0, 0.05) is 23.2 Å². The maximum Gasteiger partial charge on any atom is 0.251 e. The zero-order valence-corrected chi connectivity index (χ0v) is 11.6. The molecule has 0 aliphatic rings. The molecule has 1 aromatic carbocycles. The van der Waals surface area contributed by atoms with E-state index in [0.29, 0.717) is 12.1 Å². The lowest BCUT2D eigenvalue weighted by atomic mass is 10.1. The van der Waals surface area contributed by atoms with Gasteiger partial charge in [0.05, 0.1) is 0 Å². The summed E-state index contributed by atoms with van der Waals surface area (Å²) in [5.74, 6) is -0.0344. The highest BCUT2D eigenvalue weighted by atomic mass is 79.9. The predicted octanol–water partition coefficient (Wildman–Crippen LogP) is 2.65. The number of rotatable bonds is 6. The number of carbonyl (C=O) groups excluding carboxylic acids is 1. The second-order valence-corrected chi connectivity index (χ2v) is 4.92. The fourth-order valence-electron chi connectivity index (χ4n) is 1.55. The first-order valence-corrected chi connectivity index (χ1v) is 6.59. The van der Waals surface area contributed by atoms with E-state index in [0.717, 1.165) is 29.3 Å². The largest absolute Gasteiger partial charge is 0.396 e. The summed E-state index contributed by atoms with van der Waals surface area (Å²) >= 11 is 3.36. The van der Waals surface area contributed by atoms with Crippen LogP contribution in [0.1, 0.15) is 35.2 Å². The zero-order valence-electron chi connectivity index (χ0n) is 10.0. The van der Waals surface area contributed by atoms with Gasteiger partial charge in [-0.15, -0.1) is 0 Å². The van der Waals surface area contributed by atoms with Crippen molar-refractivity contribution in [1.29, 1.82) is 0 Å². The molecule has 0 atom stereocenters. The summed E-state index contributed by atoms with van der Waals surface area (Å²) in [5, 5.41) is 11.5. The molecule has 0 aliphatic carbocycles. The molecule has 0 fully saturated rings. The molecule has 2 N–H and O–H groups in total. The van der Waals surface area contributed by atoms with Crippen molar-refractivity contribution in [3.05, 3.63) is 33.8 Å². The second kappa shape index (κ2) is 7.45. The molecule has 0 saturated heterocycles. The van der Waals surface area contributed by atoms with Crippen molar-refractivity contribution in [3.8, 4) is 0 Å². The predicted molar refractivity (Wildman–Crippen MR) is 72.1 cm³/mol. The van der Waals surface area contributed by atoms with Gasteiger partial charge in [0.1, 0.15) is 0 Å². The van der Waals surface area contributed by atoms with E-state index < -0.39 is 0 Å². The van der Waals surface area contributed by atoms with E-state index in [1.165, 1.54) is 0 Å². The molecule has 0 saturated carbocycles. The summed E-state index contributed by atoms with van der Waals surface area (Å²) in [4.78, 5) is 11.9. The fourth-order valence-corrected chi connectivity index (χ4v) is 1.91. The lowest BCUT2D eigenvalue weighted by Gasteiger charge is -2.07. The monoisotopic (exact) mass is 299 g/mol. The van der Waals surface area contributed by atoms with Crippen molar-refractivity contribution in [2.24, 2.45) is 0 Å². The zero-order chi connectivity index (χ0) is 12.7. The van der Waals surface area contributed by atoms with Crippen LogP contribution < -0.4 is 5.32 Å². The molecule has 0 heterocycles. The summed E-state index contributed by atoms with van der Waals surface area (Å²) in [6.45, 7) is 2.80. The summed E-state index contributed by atoms with van der Waals surface area (Å²) in [5.41, 5.74) is 1.68. The Morgan fingerprint density at radius 2 is 2.12 bits per heavy atom. The molecule has 0 spiro atoms. The van der Waals surface area contributed by atoms with Crippen LogP contribution in [-0.2, 0) is 0 Å². The van der Waals surface area contributed by atoms with Crippen molar-refractivity contribution in [2.75, 3.05) is 13.2 Å². The van der Waals surface area contributed by atoms with Crippen LogP contribution in [0.4, 0.5) is 0 Å². The number of amides is 1. The third-order valence-electron chi connectivity index (χ3n) is 2.56. The normalized spacial score (nSPS) is 10.3. The molecule has 17 heavy (non-hydrogen) atoms. The van der Waals surface area contributed by atoms with Crippen LogP contribution in [0.25, 0.3) is 0 Å². The fraction of sp³-hybridized carbons (Fsp3) is 0.462. The van der Waals surface area contributed by atoms with E-state index >= 15 is 0 Å². The van der Waals surface area contributed by atoms with Crippen molar-refractivity contribution in [3.63, 3.8) is 0 Å². The van der Waals surface area contributed by atoms with Crippen LogP contribution in [0, 0.1) is 6.92 Å². The Morgan fingerprint density at radius 3 is 2.82 bits per heavy atom. The first-order valence-electron chi connectivity index (χ1n) is 5.80. The van der Waals surface area contributed by atoms with Gasteiger partial charge in [0.25, 0.3) is 5.91 Å². The molecule has 0 unspecified atom stereocenters. The number of halogens is 1. The lowest BCUT2D eigenvalue weighted by molar-refractivity contribution is 0.0952. The van der Waals surface area contributed by atoms with E-state index in [1.54, 1.807) is 0 Å². The molecule has 0 aliphatic heterocycles.